The zero-order chi connectivity index (χ0) is 54.3. The van der Waals surface area contributed by atoms with Crippen molar-refractivity contribution in [2.24, 2.45) is 29.6 Å². The van der Waals surface area contributed by atoms with Gasteiger partial charge in [0, 0.05) is 74.1 Å². The minimum absolute atomic E-state index is 0.0122. The van der Waals surface area contributed by atoms with Gasteiger partial charge < -0.3 is 39.7 Å². The Kier molecular flexibility index (Phi) is 22.5. The van der Waals surface area contributed by atoms with Crippen LogP contribution in [0.4, 0.5) is 0 Å². The Labute approximate surface area is 466 Å². The summed E-state index contributed by atoms with van der Waals surface area (Å²) in [6.45, 7) is 19.8. The summed E-state index contributed by atoms with van der Waals surface area (Å²) in [7, 11) is 4.98. The van der Waals surface area contributed by atoms with Gasteiger partial charge >= 0.3 is 59.6 Å². The van der Waals surface area contributed by atoms with Crippen LogP contribution < -0.4 is 14.2 Å². The number of benzene rings is 3. The summed E-state index contributed by atoms with van der Waals surface area (Å²) in [4.78, 5) is 7.65. The summed E-state index contributed by atoms with van der Waals surface area (Å²) < 4.78 is 12.5. The quantitative estimate of drug-likeness (QED) is 0.0875. The second kappa shape index (κ2) is 27.0. The molecular weight excluding hydrogens is 1060 g/mol. The molecule has 0 aromatic heterocycles. The number of rotatable bonds is 12. The predicted octanol–water partition coefficient (Wildman–Crippen LogP) is 12.8. The van der Waals surface area contributed by atoms with E-state index < -0.39 is 3.37 Å². The fourth-order valence-electron chi connectivity index (χ4n) is 12.5. The topological polar surface area (TPSA) is 139 Å². The molecule has 1 unspecified atom stereocenters. The van der Waals surface area contributed by atoms with E-state index in [4.69, 9.17) is 70.4 Å². The van der Waals surface area contributed by atoms with Crippen molar-refractivity contribution in [3.63, 3.8) is 0 Å². The molecule has 6 heterocycles. The minimum atomic E-state index is -3.69. The monoisotopic (exact) mass is 1150 g/mol. The van der Waals surface area contributed by atoms with Gasteiger partial charge in [0.05, 0.1) is 53.4 Å². The van der Waals surface area contributed by atoms with Crippen LogP contribution in [0.1, 0.15) is 148 Å². The molecule has 74 heavy (non-hydrogen) atoms. The van der Waals surface area contributed by atoms with Crippen LogP contribution in [-0.4, -0.2) is 113 Å². The molecule has 0 aliphatic carbocycles. The van der Waals surface area contributed by atoms with Gasteiger partial charge in [-0.15, -0.1) is 0 Å². The number of methoxy groups -OCH3 is 3. The van der Waals surface area contributed by atoms with E-state index in [0.717, 1.165) is 130 Å². The van der Waals surface area contributed by atoms with Gasteiger partial charge in [0.2, 0.25) is 0 Å². The Morgan fingerprint density at radius 1 is 0.541 bits per heavy atom. The van der Waals surface area contributed by atoms with Crippen molar-refractivity contribution in [1.82, 2.24) is 14.7 Å². The fraction of sp³-hybridized carbons (Fsp3) is 0.649. The second-order valence-electron chi connectivity index (χ2n) is 22.5. The van der Waals surface area contributed by atoms with Crippen LogP contribution in [-0.2, 0) is 39.1 Å². The number of piperidine rings is 2. The molecular formula is C57H85Cl5N3O8P. The SMILES string of the molecule is COc1cc2c(cc1CO)C1CC=C(CC(C)C)CN1CC2.COc1cc2c(cc1CO)[C@@H]1C[C@@H](O)[C@@H](CC(C)C)CN1CC2.COc1cc2c(cc1CO)[C@H]1C[C@H](O)[C@H](CC(C)C)CN1CC2.ClP(Cl)(Cl)(Cl)Cl. The molecule has 2 saturated heterocycles. The Morgan fingerprint density at radius 3 is 1.22 bits per heavy atom. The van der Waals surface area contributed by atoms with Gasteiger partial charge in [-0.1, -0.05) is 53.2 Å². The maximum atomic E-state index is 10.6. The number of fused-ring (bicyclic) bond motifs is 9. The Bertz CT molecular complexity index is 2250. The second-order valence-corrected chi connectivity index (χ2v) is 39.2. The summed E-state index contributed by atoms with van der Waals surface area (Å²) in [6, 6.07) is 13.6. The third-order valence-electron chi connectivity index (χ3n) is 15.8. The standard InChI is InChI=1S/2C19H29NO3.C19H27NO2.Cl5P/c2*1-12(2)6-14-10-20-5-4-13-8-19(23-3)15(11-21)7-16(13)17(20)9-18(14)22;1-13(2)8-14-4-5-18-17-9-16(12-21)19(22-3)10-15(17)6-7-20(18)11-14;1-6(2,3,4)5/h2*7-8,12,14,17-18,21-22H,4-6,9-11H2,1-3H3;4,9-10,13,18,21H,5-8,11-12H2,1-3H3;/t2*14-,17-,18+;;/m10../s1. The van der Waals surface area contributed by atoms with Crippen molar-refractivity contribution in [1.29, 1.82) is 0 Å². The van der Waals surface area contributed by atoms with Crippen molar-refractivity contribution in [3.05, 3.63) is 98.1 Å². The van der Waals surface area contributed by atoms with Gasteiger partial charge in [0.15, 0.2) is 0 Å². The molecule has 0 saturated carbocycles. The van der Waals surface area contributed by atoms with Crippen LogP contribution in [0.5, 0.6) is 17.2 Å². The molecule has 6 aliphatic rings. The molecule has 0 spiro atoms. The summed E-state index contributed by atoms with van der Waals surface area (Å²) in [5.74, 6) is 5.09. The Hall–Kier alpha value is -1.64. The van der Waals surface area contributed by atoms with E-state index in [1.54, 1.807) is 26.9 Å². The zero-order valence-corrected chi connectivity index (χ0v) is 49.9. The molecule has 17 heteroatoms. The molecule has 0 amide bonds. The van der Waals surface area contributed by atoms with E-state index in [0.29, 0.717) is 29.7 Å². The van der Waals surface area contributed by atoms with Crippen LogP contribution in [0.2, 0.25) is 0 Å². The summed E-state index contributed by atoms with van der Waals surface area (Å²) in [5.41, 5.74) is 12.1. The first-order valence-corrected chi connectivity index (χ1v) is 33.5. The van der Waals surface area contributed by atoms with E-state index in [9.17, 15) is 25.5 Å². The van der Waals surface area contributed by atoms with Crippen molar-refractivity contribution >= 4 is 59.6 Å². The molecule has 3 aromatic carbocycles. The molecule has 6 aliphatic heterocycles. The molecule has 9 rings (SSSR count). The molecule has 416 valence electrons. The summed E-state index contributed by atoms with van der Waals surface area (Å²) >= 11 is 24.9. The van der Waals surface area contributed by atoms with Crippen molar-refractivity contribution in [2.45, 2.75) is 149 Å². The number of aliphatic hydroxyl groups excluding tert-OH is 5. The van der Waals surface area contributed by atoms with E-state index in [1.165, 1.54) is 39.8 Å². The molecule has 5 N–H and O–H groups in total. The molecule has 2 fully saturated rings. The van der Waals surface area contributed by atoms with Gasteiger partial charge in [-0.05, 0) is 157 Å². The number of halogens is 5. The molecule has 11 nitrogen and oxygen atoms in total. The number of ether oxygens (including phenoxy) is 3. The van der Waals surface area contributed by atoms with E-state index >= 15 is 0 Å². The van der Waals surface area contributed by atoms with Gasteiger partial charge in [-0.25, -0.2) is 0 Å². The number of hydrogen-bond acceptors (Lipinski definition) is 11. The molecule has 0 radical (unpaired) electrons. The van der Waals surface area contributed by atoms with Gasteiger partial charge in [-0.3, -0.25) is 14.7 Å². The van der Waals surface area contributed by atoms with Crippen molar-refractivity contribution in [3.8, 4) is 17.2 Å². The van der Waals surface area contributed by atoms with E-state index in [1.807, 2.05) is 0 Å². The van der Waals surface area contributed by atoms with Crippen LogP contribution in [0, 0.1) is 29.6 Å². The van der Waals surface area contributed by atoms with Crippen molar-refractivity contribution < 1.29 is 39.7 Å². The first-order valence-electron chi connectivity index (χ1n) is 26.7. The Morgan fingerprint density at radius 2 is 0.892 bits per heavy atom. The summed E-state index contributed by atoms with van der Waals surface area (Å²) in [5, 5.41) is 50.0. The third kappa shape index (κ3) is 16.7. The van der Waals surface area contributed by atoms with Crippen LogP contribution in [0.25, 0.3) is 0 Å². The molecule has 7 atom stereocenters. The summed E-state index contributed by atoms with van der Waals surface area (Å²) in [6.07, 6.45) is 11.1. The maximum absolute atomic E-state index is 10.6. The number of hydrogen-bond donors (Lipinski definition) is 5. The van der Waals surface area contributed by atoms with E-state index in [-0.39, 0.29) is 44.1 Å². The van der Waals surface area contributed by atoms with Crippen LogP contribution >= 0.6 is 59.6 Å². The zero-order valence-electron chi connectivity index (χ0n) is 45.2. The number of aliphatic hydroxyl groups is 5. The normalized spacial score (nSPS) is 25.1. The third-order valence-corrected chi connectivity index (χ3v) is 15.8. The first kappa shape index (κ1) is 61.6. The van der Waals surface area contributed by atoms with Gasteiger partial charge in [-0.2, -0.15) is 0 Å². The Balaban J connectivity index is 0.000000171. The fourth-order valence-corrected chi connectivity index (χ4v) is 12.5. The average molecular weight is 1150 g/mol. The predicted molar refractivity (Wildman–Crippen MR) is 306 cm³/mol. The van der Waals surface area contributed by atoms with Crippen molar-refractivity contribution in [2.75, 3.05) is 60.6 Å². The van der Waals surface area contributed by atoms with Gasteiger partial charge in [0.1, 0.15) is 17.2 Å². The van der Waals surface area contributed by atoms with Crippen LogP contribution in [0.3, 0.4) is 0 Å². The molecule has 3 aromatic rings. The van der Waals surface area contributed by atoms with E-state index in [2.05, 4.69) is 98.7 Å². The average Bonchev–Trinajstić information content (AvgIpc) is 3.34. The van der Waals surface area contributed by atoms with Gasteiger partial charge in [0.25, 0.3) is 0 Å². The van der Waals surface area contributed by atoms with Crippen LogP contribution in [0.15, 0.2) is 48.0 Å². The molecule has 0 bridgehead atoms. The number of nitrogens with zero attached hydrogens (tertiary/aromatic N) is 3. The first-order chi connectivity index (χ1) is 34.9.